The molecule has 0 fully saturated rings. The van der Waals surface area contributed by atoms with Gasteiger partial charge >= 0.3 is 0 Å². The molecule has 0 aliphatic rings. The van der Waals surface area contributed by atoms with Crippen LogP contribution in [-0.4, -0.2) is 39.1 Å². The monoisotopic (exact) mass is 334 g/mol. The van der Waals surface area contributed by atoms with Crippen LogP contribution in [0, 0.1) is 5.92 Å². The first kappa shape index (κ1) is 19.5. The number of ether oxygens (including phenoxy) is 2. The second-order valence-corrected chi connectivity index (χ2v) is 5.57. The average molecular weight is 334 g/mol. The summed E-state index contributed by atoms with van der Waals surface area (Å²) in [7, 11) is 3.08. The Morgan fingerprint density at radius 3 is 2.38 bits per heavy atom. The number of hydrogen-bond donors (Lipinski definition) is 2. The molecule has 0 heterocycles. The van der Waals surface area contributed by atoms with Gasteiger partial charge < -0.3 is 20.1 Å². The van der Waals surface area contributed by atoms with E-state index in [1.165, 1.54) is 7.11 Å². The summed E-state index contributed by atoms with van der Waals surface area (Å²) < 4.78 is 10.7. The van der Waals surface area contributed by atoms with Gasteiger partial charge in [-0.05, 0) is 18.6 Å². The number of hydrogen-bond acceptors (Lipinski definition) is 4. The van der Waals surface area contributed by atoms with Gasteiger partial charge in [0.25, 0.3) is 5.91 Å². The van der Waals surface area contributed by atoms with Crippen molar-refractivity contribution in [3.63, 3.8) is 0 Å². The van der Waals surface area contributed by atoms with E-state index < -0.39 is 0 Å². The van der Waals surface area contributed by atoms with Crippen LogP contribution >= 0.6 is 0 Å². The van der Waals surface area contributed by atoms with E-state index in [1.54, 1.807) is 25.3 Å². The maximum Gasteiger partial charge on any atom is 0.251 e. The fourth-order valence-electron chi connectivity index (χ4n) is 2.15. The number of rotatable bonds is 9. The highest BCUT2D eigenvalue weighted by Crippen LogP contribution is 2.33. The molecule has 1 aromatic rings. The zero-order valence-corrected chi connectivity index (χ0v) is 14.8. The molecule has 0 saturated heterocycles. The van der Waals surface area contributed by atoms with Crippen molar-refractivity contribution in [3.05, 3.63) is 35.9 Å². The molecule has 132 valence electrons. The highest BCUT2D eigenvalue weighted by molar-refractivity contribution is 5.95. The standard InChI is InChI=1S/C18H26N2O4/c1-6-7-13-10-14(11-15(23-4)16(13)24-5)18(22)20-9-8-19-17(21)12(2)3/h6,10-12H,1,7-9H2,2-5H3,(H,19,21)(H,20,22). The lowest BCUT2D eigenvalue weighted by atomic mass is 10.0. The van der Waals surface area contributed by atoms with Gasteiger partial charge in [-0.3, -0.25) is 9.59 Å². The Balaban J connectivity index is 2.78. The molecule has 0 aliphatic carbocycles. The summed E-state index contributed by atoms with van der Waals surface area (Å²) in [5, 5.41) is 5.53. The van der Waals surface area contributed by atoms with Crippen LogP contribution in [0.2, 0.25) is 0 Å². The van der Waals surface area contributed by atoms with Gasteiger partial charge in [-0.25, -0.2) is 0 Å². The number of amides is 2. The Labute approximate surface area is 143 Å². The molecule has 24 heavy (non-hydrogen) atoms. The molecular weight excluding hydrogens is 308 g/mol. The van der Waals surface area contributed by atoms with E-state index in [1.807, 2.05) is 13.8 Å². The van der Waals surface area contributed by atoms with Crippen molar-refractivity contribution in [2.75, 3.05) is 27.3 Å². The lowest BCUT2D eigenvalue weighted by Gasteiger charge is -2.14. The Morgan fingerprint density at radius 2 is 1.83 bits per heavy atom. The summed E-state index contributed by atoms with van der Waals surface area (Å²) in [6, 6.07) is 3.39. The molecule has 2 N–H and O–H groups in total. The largest absolute Gasteiger partial charge is 0.493 e. The number of methoxy groups -OCH3 is 2. The van der Waals surface area contributed by atoms with E-state index in [2.05, 4.69) is 17.2 Å². The van der Waals surface area contributed by atoms with Crippen LogP contribution in [0.3, 0.4) is 0 Å². The number of carbonyl (C=O) groups excluding carboxylic acids is 2. The van der Waals surface area contributed by atoms with Crippen LogP contribution < -0.4 is 20.1 Å². The van der Waals surface area contributed by atoms with E-state index in [4.69, 9.17) is 9.47 Å². The second kappa shape index (κ2) is 9.60. The summed E-state index contributed by atoms with van der Waals surface area (Å²) in [5.41, 5.74) is 1.30. The Hall–Kier alpha value is -2.50. The van der Waals surface area contributed by atoms with Crippen LogP contribution in [0.5, 0.6) is 11.5 Å². The first-order chi connectivity index (χ1) is 11.4. The fraction of sp³-hybridized carbons (Fsp3) is 0.444. The smallest absolute Gasteiger partial charge is 0.251 e. The molecule has 2 amide bonds. The van der Waals surface area contributed by atoms with Crippen molar-refractivity contribution >= 4 is 11.8 Å². The Bertz CT molecular complexity index is 597. The third kappa shape index (κ3) is 5.30. The lowest BCUT2D eigenvalue weighted by molar-refractivity contribution is -0.123. The van der Waals surface area contributed by atoms with E-state index >= 15 is 0 Å². The van der Waals surface area contributed by atoms with Gasteiger partial charge in [-0.15, -0.1) is 6.58 Å². The molecule has 1 rings (SSSR count). The third-order valence-electron chi connectivity index (χ3n) is 3.42. The molecule has 0 bridgehead atoms. The van der Waals surface area contributed by atoms with E-state index in [0.717, 1.165) is 5.56 Å². The van der Waals surface area contributed by atoms with E-state index in [0.29, 0.717) is 36.6 Å². The lowest BCUT2D eigenvalue weighted by Crippen LogP contribution is -2.36. The van der Waals surface area contributed by atoms with Gasteiger partial charge in [0.1, 0.15) is 0 Å². The van der Waals surface area contributed by atoms with Crippen molar-refractivity contribution in [3.8, 4) is 11.5 Å². The van der Waals surface area contributed by atoms with Crippen molar-refractivity contribution < 1.29 is 19.1 Å². The topological polar surface area (TPSA) is 76.7 Å². The van der Waals surface area contributed by atoms with Crippen LogP contribution in [0.25, 0.3) is 0 Å². The van der Waals surface area contributed by atoms with Crippen LogP contribution in [0.15, 0.2) is 24.8 Å². The number of carbonyl (C=O) groups is 2. The number of benzene rings is 1. The quantitative estimate of drug-likeness (QED) is 0.534. The maximum absolute atomic E-state index is 12.3. The fourth-order valence-corrected chi connectivity index (χ4v) is 2.15. The molecule has 0 aromatic heterocycles. The molecule has 6 heteroatoms. The summed E-state index contributed by atoms with van der Waals surface area (Å²) >= 11 is 0. The first-order valence-electron chi connectivity index (χ1n) is 7.86. The Morgan fingerprint density at radius 1 is 1.17 bits per heavy atom. The molecular formula is C18H26N2O4. The normalized spacial score (nSPS) is 10.2. The summed E-state index contributed by atoms with van der Waals surface area (Å²) in [6.45, 7) is 8.09. The summed E-state index contributed by atoms with van der Waals surface area (Å²) in [4.78, 5) is 23.8. The molecule has 0 unspecified atom stereocenters. The zero-order valence-electron chi connectivity index (χ0n) is 14.8. The van der Waals surface area contributed by atoms with E-state index in [9.17, 15) is 9.59 Å². The second-order valence-electron chi connectivity index (χ2n) is 5.57. The summed E-state index contributed by atoms with van der Waals surface area (Å²) in [5.74, 6) is 0.741. The predicted molar refractivity (Wildman–Crippen MR) is 93.6 cm³/mol. The average Bonchev–Trinajstić information content (AvgIpc) is 2.57. The minimum atomic E-state index is -0.236. The number of nitrogens with one attached hydrogen (secondary N) is 2. The summed E-state index contributed by atoms with van der Waals surface area (Å²) in [6.07, 6.45) is 2.30. The SMILES string of the molecule is C=CCc1cc(C(=O)NCCNC(=O)C(C)C)cc(OC)c1OC. The molecule has 0 atom stereocenters. The highest BCUT2D eigenvalue weighted by Gasteiger charge is 2.15. The van der Waals surface area contributed by atoms with Gasteiger partial charge in [0.05, 0.1) is 14.2 Å². The van der Waals surface area contributed by atoms with Crippen LogP contribution in [0.1, 0.15) is 29.8 Å². The predicted octanol–water partition coefficient (Wildman–Crippen LogP) is 1.93. The maximum atomic E-state index is 12.3. The van der Waals surface area contributed by atoms with Crippen LogP contribution in [-0.2, 0) is 11.2 Å². The van der Waals surface area contributed by atoms with Gasteiger partial charge in [0, 0.05) is 30.1 Å². The molecule has 6 nitrogen and oxygen atoms in total. The molecule has 0 spiro atoms. The minimum absolute atomic E-state index is 0.0383. The zero-order chi connectivity index (χ0) is 18.1. The van der Waals surface area contributed by atoms with Gasteiger partial charge in [0.15, 0.2) is 11.5 Å². The molecule has 0 aliphatic heterocycles. The van der Waals surface area contributed by atoms with Crippen molar-refractivity contribution in [1.82, 2.24) is 10.6 Å². The van der Waals surface area contributed by atoms with Gasteiger partial charge in [0.2, 0.25) is 5.91 Å². The minimum Gasteiger partial charge on any atom is -0.493 e. The number of allylic oxidation sites excluding steroid dienone is 1. The van der Waals surface area contributed by atoms with Gasteiger partial charge in [-0.1, -0.05) is 19.9 Å². The van der Waals surface area contributed by atoms with Gasteiger partial charge in [-0.2, -0.15) is 0 Å². The molecule has 0 radical (unpaired) electrons. The van der Waals surface area contributed by atoms with Crippen molar-refractivity contribution in [2.24, 2.45) is 5.92 Å². The van der Waals surface area contributed by atoms with E-state index in [-0.39, 0.29) is 17.7 Å². The first-order valence-corrected chi connectivity index (χ1v) is 7.86. The Kier molecular flexibility index (Phi) is 7.82. The van der Waals surface area contributed by atoms with Crippen molar-refractivity contribution in [1.29, 1.82) is 0 Å². The van der Waals surface area contributed by atoms with Crippen LogP contribution in [0.4, 0.5) is 0 Å². The highest BCUT2D eigenvalue weighted by atomic mass is 16.5. The molecule has 1 aromatic carbocycles. The third-order valence-corrected chi connectivity index (χ3v) is 3.42. The van der Waals surface area contributed by atoms with Crippen molar-refractivity contribution in [2.45, 2.75) is 20.3 Å². The molecule has 0 saturated carbocycles.